The molecule has 0 unspecified atom stereocenters. The Morgan fingerprint density at radius 2 is 1.65 bits per heavy atom. The van der Waals surface area contributed by atoms with Gasteiger partial charge in [0.2, 0.25) is 0 Å². The second kappa shape index (κ2) is 6.96. The highest BCUT2D eigenvalue weighted by Gasteiger charge is 2.16. The maximum atomic E-state index is 4.79. The number of hydrogen-bond acceptors (Lipinski definition) is 3. The van der Waals surface area contributed by atoms with Crippen molar-refractivity contribution in [2.24, 2.45) is 0 Å². The van der Waals surface area contributed by atoms with Gasteiger partial charge in [-0.15, -0.1) is 11.8 Å². The van der Waals surface area contributed by atoms with Crippen LogP contribution in [0.3, 0.4) is 0 Å². The van der Waals surface area contributed by atoms with Gasteiger partial charge in [-0.05, 0) is 38.0 Å². The van der Waals surface area contributed by atoms with E-state index in [1.165, 1.54) is 11.1 Å². The molecular weight excluding hydrogens is 338 g/mol. The quantitative estimate of drug-likeness (QED) is 0.350. The van der Waals surface area contributed by atoms with Gasteiger partial charge < -0.3 is 0 Å². The number of nitrogens with zero attached hydrogens (tertiary/aromatic N) is 3. The van der Waals surface area contributed by atoms with Crippen LogP contribution in [0.1, 0.15) is 22.5 Å². The van der Waals surface area contributed by atoms with Crippen molar-refractivity contribution in [2.75, 3.05) is 0 Å². The molecule has 0 atom stereocenters. The van der Waals surface area contributed by atoms with Gasteiger partial charge in [0, 0.05) is 17.0 Å². The van der Waals surface area contributed by atoms with Crippen LogP contribution < -0.4 is 0 Å². The topological polar surface area (TPSA) is 30.2 Å². The molecule has 0 fully saturated rings. The molecular formula is C22H21N3S. The Kier molecular flexibility index (Phi) is 4.51. The lowest BCUT2D eigenvalue weighted by Gasteiger charge is -2.07. The number of rotatable bonds is 4. The fraction of sp³-hybridized carbons (Fsp3) is 0.182. The molecule has 0 saturated carbocycles. The summed E-state index contributed by atoms with van der Waals surface area (Å²) in [5.74, 6) is 0.915. The summed E-state index contributed by atoms with van der Waals surface area (Å²) >= 11 is 1.80. The van der Waals surface area contributed by atoms with Gasteiger partial charge in [-0.1, -0.05) is 60.2 Å². The molecule has 0 spiro atoms. The third-order valence-electron chi connectivity index (χ3n) is 4.43. The van der Waals surface area contributed by atoms with Crippen molar-refractivity contribution < 1.29 is 0 Å². The molecule has 0 aliphatic rings. The lowest BCUT2D eigenvalue weighted by molar-refractivity contribution is 0.821. The highest BCUT2D eigenvalue weighted by molar-refractivity contribution is 7.98. The van der Waals surface area contributed by atoms with Crippen molar-refractivity contribution in [1.29, 1.82) is 0 Å². The van der Waals surface area contributed by atoms with Crippen LogP contribution in [0.2, 0.25) is 0 Å². The van der Waals surface area contributed by atoms with Gasteiger partial charge in [-0.25, -0.2) is 9.50 Å². The van der Waals surface area contributed by atoms with Gasteiger partial charge in [0.05, 0.1) is 5.69 Å². The van der Waals surface area contributed by atoms with E-state index < -0.39 is 0 Å². The van der Waals surface area contributed by atoms with Crippen LogP contribution in [0.25, 0.3) is 16.8 Å². The van der Waals surface area contributed by atoms with Crippen molar-refractivity contribution in [2.45, 2.75) is 31.6 Å². The first-order valence-electron chi connectivity index (χ1n) is 8.72. The molecule has 0 aliphatic heterocycles. The van der Waals surface area contributed by atoms with E-state index in [1.807, 2.05) is 17.5 Å². The summed E-state index contributed by atoms with van der Waals surface area (Å²) in [7, 11) is 0. The smallest absolute Gasteiger partial charge is 0.164 e. The average Bonchev–Trinajstić information content (AvgIpc) is 2.97. The Labute approximate surface area is 158 Å². The minimum absolute atomic E-state index is 0.915. The van der Waals surface area contributed by atoms with Crippen molar-refractivity contribution in [1.82, 2.24) is 14.6 Å². The summed E-state index contributed by atoms with van der Waals surface area (Å²) in [5.41, 5.74) is 7.83. The summed E-state index contributed by atoms with van der Waals surface area (Å²) in [5, 5.41) is 5.91. The minimum atomic E-state index is 0.915. The molecule has 0 radical (unpaired) electrons. The summed E-state index contributed by atoms with van der Waals surface area (Å²) in [6, 6.07) is 21.2. The summed E-state index contributed by atoms with van der Waals surface area (Å²) in [6.07, 6.45) is 0. The minimum Gasteiger partial charge on any atom is -0.233 e. The third kappa shape index (κ3) is 3.25. The number of hydrogen-bond donors (Lipinski definition) is 0. The van der Waals surface area contributed by atoms with Crippen LogP contribution in [-0.4, -0.2) is 14.6 Å². The molecule has 0 amide bonds. The SMILES string of the molecule is Cc1ccc(CSc2cc(C)nc3c(-c4ccccc4)c(C)nn23)cc1. The van der Waals surface area contributed by atoms with Gasteiger partial charge in [0.25, 0.3) is 0 Å². The Balaban J connectivity index is 1.75. The zero-order chi connectivity index (χ0) is 18.1. The summed E-state index contributed by atoms with van der Waals surface area (Å²) in [4.78, 5) is 4.79. The van der Waals surface area contributed by atoms with E-state index in [-0.39, 0.29) is 0 Å². The number of fused-ring (bicyclic) bond motifs is 1. The standard InChI is InChI=1S/C22H21N3S/c1-15-9-11-18(12-10-15)14-26-20-13-16(2)23-22-21(17(3)24-25(20)22)19-7-5-4-6-8-19/h4-13H,14H2,1-3H3. The van der Waals surface area contributed by atoms with E-state index >= 15 is 0 Å². The van der Waals surface area contributed by atoms with Crippen LogP contribution in [0.15, 0.2) is 65.7 Å². The fourth-order valence-corrected chi connectivity index (χ4v) is 4.11. The largest absolute Gasteiger partial charge is 0.233 e. The Hall–Kier alpha value is -2.59. The highest BCUT2D eigenvalue weighted by Crippen LogP contribution is 2.31. The number of aryl methyl sites for hydroxylation is 3. The summed E-state index contributed by atoms with van der Waals surface area (Å²) in [6.45, 7) is 6.22. The average molecular weight is 359 g/mol. The van der Waals surface area contributed by atoms with Crippen LogP contribution >= 0.6 is 11.8 Å². The van der Waals surface area contributed by atoms with E-state index in [0.29, 0.717) is 0 Å². The third-order valence-corrected chi connectivity index (χ3v) is 5.49. The maximum absolute atomic E-state index is 4.79. The highest BCUT2D eigenvalue weighted by atomic mass is 32.2. The molecule has 0 N–H and O–H groups in total. The molecule has 4 heteroatoms. The number of thioether (sulfide) groups is 1. The van der Waals surface area contributed by atoms with Gasteiger partial charge >= 0.3 is 0 Å². The van der Waals surface area contributed by atoms with Crippen molar-refractivity contribution >= 4 is 17.4 Å². The van der Waals surface area contributed by atoms with Crippen molar-refractivity contribution in [3.05, 3.63) is 83.2 Å². The zero-order valence-corrected chi connectivity index (χ0v) is 16.0. The molecule has 130 valence electrons. The van der Waals surface area contributed by atoms with Gasteiger partial charge in [-0.3, -0.25) is 0 Å². The molecule has 4 aromatic rings. The predicted octanol–water partition coefficient (Wildman–Crippen LogP) is 5.61. The van der Waals surface area contributed by atoms with Crippen molar-refractivity contribution in [3.8, 4) is 11.1 Å². The van der Waals surface area contributed by atoms with E-state index in [0.717, 1.165) is 38.9 Å². The van der Waals surface area contributed by atoms with Crippen LogP contribution in [-0.2, 0) is 5.75 Å². The molecule has 3 nitrogen and oxygen atoms in total. The lowest BCUT2D eigenvalue weighted by atomic mass is 10.1. The Bertz CT molecular complexity index is 1050. The second-order valence-electron chi connectivity index (χ2n) is 6.57. The normalized spacial score (nSPS) is 11.2. The lowest BCUT2D eigenvalue weighted by Crippen LogP contribution is -1.97. The van der Waals surface area contributed by atoms with Crippen LogP contribution in [0.4, 0.5) is 0 Å². The molecule has 0 bridgehead atoms. The van der Waals surface area contributed by atoms with Gasteiger partial charge in [0.15, 0.2) is 5.65 Å². The van der Waals surface area contributed by atoms with Crippen LogP contribution in [0.5, 0.6) is 0 Å². The van der Waals surface area contributed by atoms with E-state index in [9.17, 15) is 0 Å². The number of aromatic nitrogens is 3. The maximum Gasteiger partial charge on any atom is 0.164 e. The summed E-state index contributed by atoms with van der Waals surface area (Å²) < 4.78 is 1.99. The molecule has 0 aliphatic carbocycles. The molecule has 2 aromatic carbocycles. The van der Waals surface area contributed by atoms with Crippen LogP contribution in [0, 0.1) is 20.8 Å². The monoisotopic (exact) mass is 359 g/mol. The fourth-order valence-electron chi connectivity index (χ4n) is 3.10. The first-order chi connectivity index (χ1) is 12.6. The Morgan fingerprint density at radius 3 is 2.38 bits per heavy atom. The molecule has 26 heavy (non-hydrogen) atoms. The Morgan fingerprint density at radius 1 is 0.923 bits per heavy atom. The second-order valence-corrected chi connectivity index (χ2v) is 7.57. The first kappa shape index (κ1) is 16.9. The molecule has 0 saturated heterocycles. The van der Waals surface area contributed by atoms with Crippen molar-refractivity contribution in [3.63, 3.8) is 0 Å². The molecule has 2 heterocycles. The van der Waals surface area contributed by atoms with Gasteiger partial charge in [0.1, 0.15) is 5.03 Å². The predicted molar refractivity (Wildman–Crippen MR) is 109 cm³/mol. The van der Waals surface area contributed by atoms with E-state index in [2.05, 4.69) is 68.4 Å². The first-order valence-corrected chi connectivity index (χ1v) is 9.71. The number of benzene rings is 2. The van der Waals surface area contributed by atoms with Gasteiger partial charge in [-0.2, -0.15) is 5.10 Å². The van der Waals surface area contributed by atoms with E-state index in [4.69, 9.17) is 10.1 Å². The zero-order valence-electron chi connectivity index (χ0n) is 15.2. The van der Waals surface area contributed by atoms with E-state index in [1.54, 1.807) is 11.8 Å². The molecule has 4 rings (SSSR count). The molecule has 2 aromatic heterocycles.